The van der Waals surface area contributed by atoms with Gasteiger partial charge in [0.1, 0.15) is 16.9 Å². The number of carboxylic acids is 1. The maximum atomic E-state index is 16.4. The van der Waals surface area contributed by atoms with Crippen LogP contribution >= 0.6 is 0 Å². The highest BCUT2D eigenvalue weighted by Crippen LogP contribution is 2.47. The van der Waals surface area contributed by atoms with E-state index in [-0.39, 0.29) is 42.1 Å². The number of hydrogen-bond acceptors (Lipinski definition) is 7. The third-order valence-corrected chi connectivity index (χ3v) is 7.51. The number of ether oxygens (including phenoxy) is 2. The predicted molar refractivity (Wildman–Crippen MR) is 136 cm³/mol. The van der Waals surface area contributed by atoms with Gasteiger partial charge in [0, 0.05) is 36.8 Å². The average molecular weight is 532 g/mol. The Balaban J connectivity index is 1.69. The number of esters is 1. The quantitative estimate of drug-likeness (QED) is 0.545. The maximum absolute atomic E-state index is 16.4. The Hall–Kier alpha value is -3.31. The van der Waals surface area contributed by atoms with Crippen molar-refractivity contribution in [1.29, 1.82) is 0 Å². The van der Waals surface area contributed by atoms with Gasteiger partial charge < -0.3 is 29.8 Å². The standard InChI is InChI=1S/C27H31F2N3O6/c1-5-16-18-21(32(14-6-7-14)11-17(23(18)33)24(34)35)20(29)22(19(16)28)31-10-13-8-15(9-30)37-27(13,12-31)25(36)38-26(2,3)4/h5,11,13-15H,1,6-10,12,30H2,2-4H3,(H,34,35). The van der Waals surface area contributed by atoms with Gasteiger partial charge in [-0.05, 0) is 40.0 Å². The number of carbonyl (C=O) groups is 2. The summed E-state index contributed by atoms with van der Waals surface area (Å²) >= 11 is 0. The summed E-state index contributed by atoms with van der Waals surface area (Å²) in [6, 6.07) is -0.221. The Morgan fingerprint density at radius 2 is 2.00 bits per heavy atom. The van der Waals surface area contributed by atoms with Crippen LogP contribution in [0.1, 0.15) is 62.0 Å². The largest absolute Gasteiger partial charge is 0.477 e. The lowest BCUT2D eigenvalue weighted by Crippen LogP contribution is -2.49. The van der Waals surface area contributed by atoms with Crippen molar-refractivity contribution >= 4 is 34.6 Å². The first-order valence-electron chi connectivity index (χ1n) is 12.6. The summed E-state index contributed by atoms with van der Waals surface area (Å²) < 4.78 is 45.6. The van der Waals surface area contributed by atoms with E-state index in [0.717, 1.165) is 12.3 Å². The molecule has 38 heavy (non-hydrogen) atoms. The molecule has 0 radical (unpaired) electrons. The van der Waals surface area contributed by atoms with Crippen LogP contribution in [0.4, 0.5) is 14.5 Å². The van der Waals surface area contributed by atoms with E-state index in [1.165, 1.54) is 9.47 Å². The molecule has 3 atom stereocenters. The molecule has 9 nitrogen and oxygen atoms in total. The highest BCUT2D eigenvalue weighted by Gasteiger charge is 2.61. The Kier molecular flexibility index (Phi) is 6.14. The fourth-order valence-electron chi connectivity index (χ4n) is 5.73. The first-order valence-corrected chi connectivity index (χ1v) is 12.6. The van der Waals surface area contributed by atoms with Crippen LogP contribution in [0.25, 0.3) is 17.0 Å². The summed E-state index contributed by atoms with van der Waals surface area (Å²) in [4.78, 5) is 39.7. The van der Waals surface area contributed by atoms with E-state index in [1.807, 2.05) is 0 Å². The molecule has 5 rings (SSSR count). The van der Waals surface area contributed by atoms with Gasteiger partial charge in [-0.15, -0.1) is 0 Å². The van der Waals surface area contributed by atoms with Crippen molar-refractivity contribution < 1.29 is 33.0 Å². The van der Waals surface area contributed by atoms with Crippen molar-refractivity contribution in [2.75, 3.05) is 24.5 Å². The number of benzene rings is 1. The molecule has 1 aromatic carbocycles. The number of nitrogens with zero attached hydrogens (tertiary/aromatic N) is 2. The zero-order valence-corrected chi connectivity index (χ0v) is 21.6. The lowest BCUT2D eigenvalue weighted by Gasteiger charge is -2.31. The van der Waals surface area contributed by atoms with E-state index in [0.29, 0.717) is 19.3 Å². The van der Waals surface area contributed by atoms with E-state index in [2.05, 4.69) is 6.58 Å². The second-order valence-electron chi connectivity index (χ2n) is 11.3. The molecule has 2 saturated heterocycles. The smallest absolute Gasteiger partial charge is 0.341 e. The molecule has 2 aromatic rings. The molecule has 0 spiro atoms. The number of anilines is 1. The van der Waals surface area contributed by atoms with Gasteiger partial charge in [0.25, 0.3) is 0 Å². The fraction of sp³-hybridized carbons (Fsp3) is 0.519. The Morgan fingerprint density at radius 3 is 2.55 bits per heavy atom. The summed E-state index contributed by atoms with van der Waals surface area (Å²) in [6.45, 7) is 8.87. The van der Waals surface area contributed by atoms with Crippen molar-refractivity contribution in [3.05, 3.63) is 45.8 Å². The Bertz CT molecular complexity index is 1430. The summed E-state index contributed by atoms with van der Waals surface area (Å²) in [6.07, 6.45) is 3.54. The minimum absolute atomic E-state index is 0.0898. The number of fused-ring (bicyclic) bond motifs is 2. The fourth-order valence-corrected chi connectivity index (χ4v) is 5.73. The molecule has 3 unspecified atom stereocenters. The van der Waals surface area contributed by atoms with Gasteiger partial charge in [-0.2, -0.15) is 0 Å². The molecule has 1 aliphatic carbocycles. The highest BCUT2D eigenvalue weighted by atomic mass is 19.1. The van der Waals surface area contributed by atoms with Gasteiger partial charge in [-0.1, -0.05) is 12.7 Å². The predicted octanol–water partition coefficient (Wildman–Crippen LogP) is 3.22. The molecule has 11 heteroatoms. The van der Waals surface area contributed by atoms with E-state index in [4.69, 9.17) is 15.2 Å². The van der Waals surface area contributed by atoms with E-state index in [9.17, 15) is 19.5 Å². The number of carbonyl (C=O) groups excluding carboxylic acids is 1. The highest BCUT2D eigenvalue weighted by molar-refractivity contribution is 5.98. The van der Waals surface area contributed by atoms with Gasteiger partial charge in [-0.25, -0.2) is 18.4 Å². The number of nitrogens with two attached hydrogens (primary N) is 1. The second kappa shape index (κ2) is 8.88. The zero-order chi connectivity index (χ0) is 27.7. The monoisotopic (exact) mass is 531 g/mol. The molecule has 3 aliphatic rings. The van der Waals surface area contributed by atoms with Crippen LogP contribution in [0.15, 0.2) is 17.6 Å². The molecule has 1 aromatic heterocycles. The molecule has 3 N–H and O–H groups in total. The molecular weight excluding hydrogens is 500 g/mol. The van der Waals surface area contributed by atoms with Crippen LogP contribution in [0.2, 0.25) is 0 Å². The van der Waals surface area contributed by atoms with Gasteiger partial charge in [0.2, 0.25) is 5.43 Å². The van der Waals surface area contributed by atoms with Crippen LogP contribution in [-0.4, -0.2) is 58.6 Å². The number of aromatic nitrogens is 1. The SMILES string of the molecule is C=Cc1c(F)c(N2CC3CC(CN)OC3(C(=O)OC(C)(C)C)C2)c(F)c2c1c(=O)c(C(=O)O)cn2C1CC1. The van der Waals surface area contributed by atoms with Gasteiger partial charge in [-0.3, -0.25) is 4.79 Å². The van der Waals surface area contributed by atoms with Crippen LogP contribution in [-0.2, 0) is 14.3 Å². The molecule has 1 saturated carbocycles. The number of pyridine rings is 1. The van der Waals surface area contributed by atoms with Crippen LogP contribution in [0.3, 0.4) is 0 Å². The average Bonchev–Trinajstić information content (AvgIpc) is 3.51. The van der Waals surface area contributed by atoms with Crippen molar-refractivity contribution in [3.63, 3.8) is 0 Å². The molecule has 3 heterocycles. The van der Waals surface area contributed by atoms with Gasteiger partial charge >= 0.3 is 11.9 Å². The number of hydrogen-bond donors (Lipinski definition) is 2. The number of rotatable bonds is 6. The van der Waals surface area contributed by atoms with Gasteiger partial charge in [0.15, 0.2) is 17.2 Å². The number of halogens is 2. The van der Waals surface area contributed by atoms with Crippen LogP contribution in [0, 0.1) is 17.6 Å². The van der Waals surface area contributed by atoms with Crippen molar-refractivity contribution in [3.8, 4) is 0 Å². The lowest BCUT2D eigenvalue weighted by molar-refractivity contribution is -0.181. The van der Waals surface area contributed by atoms with Crippen molar-refractivity contribution in [2.45, 2.75) is 63.4 Å². The van der Waals surface area contributed by atoms with Crippen molar-refractivity contribution in [1.82, 2.24) is 4.57 Å². The minimum Gasteiger partial charge on any atom is -0.477 e. The summed E-state index contributed by atoms with van der Waals surface area (Å²) in [5.74, 6) is -4.60. The normalized spacial score (nSPS) is 25.1. The summed E-state index contributed by atoms with van der Waals surface area (Å²) in [7, 11) is 0. The third-order valence-electron chi connectivity index (χ3n) is 7.51. The minimum atomic E-state index is -1.48. The third kappa shape index (κ3) is 3.99. The molecule has 2 aliphatic heterocycles. The first kappa shape index (κ1) is 26.3. The maximum Gasteiger partial charge on any atom is 0.341 e. The lowest BCUT2D eigenvalue weighted by atomic mass is 9.90. The zero-order valence-electron chi connectivity index (χ0n) is 21.6. The summed E-state index contributed by atoms with van der Waals surface area (Å²) in [5.41, 5.74) is 1.09. The van der Waals surface area contributed by atoms with Gasteiger partial charge in [0.05, 0.1) is 23.6 Å². The van der Waals surface area contributed by atoms with E-state index < -0.39 is 63.5 Å². The van der Waals surface area contributed by atoms with Crippen LogP contribution in [0.5, 0.6) is 0 Å². The number of carboxylic acid groups (broad SMARTS) is 1. The first-order chi connectivity index (χ1) is 17.8. The molecule has 0 bridgehead atoms. The molecule has 204 valence electrons. The Morgan fingerprint density at radius 1 is 1.32 bits per heavy atom. The van der Waals surface area contributed by atoms with E-state index in [1.54, 1.807) is 20.8 Å². The molecular formula is C27H31F2N3O6. The summed E-state index contributed by atoms with van der Waals surface area (Å²) in [5, 5.41) is 9.21. The topological polar surface area (TPSA) is 124 Å². The molecule has 3 fully saturated rings. The second-order valence-corrected chi connectivity index (χ2v) is 11.3. The Labute approximate surface area is 217 Å². The van der Waals surface area contributed by atoms with Crippen LogP contribution < -0.4 is 16.1 Å². The van der Waals surface area contributed by atoms with Crippen molar-refractivity contribution in [2.24, 2.45) is 11.7 Å². The molecule has 0 amide bonds. The van der Waals surface area contributed by atoms with E-state index >= 15 is 8.78 Å². The number of aromatic carboxylic acids is 1.